The summed E-state index contributed by atoms with van der Waals surface area (Å²) in [6.07, 6.45) is 0.612. The fraction of sp³-hybridized carbons (Fsp3) is 0.455. The Morgan fingerprint density at radius 1 is 1.53 bits per heavy atom. The first kappa shape index (κ1) is 12.3. The summed E-state index contributed by atoms with van der Waals surface area (Å²) in [7, 11) is 0. The molecule has 84 valence electrons. The SMILES string of the molecule is Cc1ccc(Cl)c(OCCC(N)CO)c1. The van der Waals surface area contributed by atoms with E-state index in [1.807, 2.05) is 19.1 Å². The van der Waals surface area contributed by atoms with E-state index < -0.39 is 0 Å². The third-order valence-electron chi connectivity index (χ3n) is 2.07. The Balaban J connectivity index is 2.46. The third-order valence-corrected chi connectivity index (χ3v) is 2.38. The van der Waals surface area contributed by atoms with Crippen molar-refractivity contribution in [2.75, 3.05) is 13.2 Å². The van der Waals surface area contributed by atoms with E-state index in [-0.39, 0.29) is 12.6 Å². The van der Waals surface area contributed by atoms with Crippen LogP contribution in [0, 0.1) is 6.92 Å². The molecule has 1 atom stereocenters. The van der Waals surface area contributed by atoms with Crippen molar-refractivity contribution >= 4 is 11.6 Å². The Morgan fingerprint density at radius 3 is 2.93 bits per heavy atom. The Morgan fingerprint density at radius 2 is 2.27 bits per heavy atom. The number of hydrogen-bond donors (Lipinski definition) is 2. The maximum absolute atomic E-state index is 8.72. The lowest BCUT2D eigenvalue weighted by Crippen LogP contribution is -2.26. The molecule has 0 aliphatic heterocycles. The molecule has 0 spiro atoms. The fourth-order valence-electron chi connectivity index (χ4n) is 1.13. The van der Waals surface area contributed by atoms with E-state index in [0.717, 1.165) is 5.56 Å². The number of aliphatic hydroxyl groups is 1. The number of ether oxygens (including phenoxy) is 1. The highest BCUT2D eigenvalue weighted by atomic mass is 35.5. The highest BCUT2D eigenvalue weighted by Crippen LogP contribution is 2.25. The number of halogens is 1. The lowest BCUT2D eigenvalue weighted by molar-refractivity contribution is 0.230. The molecule has 0 radical (unpaired) electrons. The Kier molecular flexibility index (Phi) is 4.88. The molecule has 1 aromatic carbocycles. The Hall–Kier alpha value is -0.770. The van der Waals surface area contributed by atoms with Gasteiger partial charge in [-0.3, -0.25) is 0 Å². The van der Waals surface area contributed by atoms with Crippen molar-refractivity contribution in [2.24, 2.45) is 5.73 Å². The first-order chi connectivity index (χ1) is 7.13. The summed E-state index contributed by atoms with van der Waals surface area (Å²) in [5.41, 5.74) is 6.64. The number of nitrogens with two attached hydrogens (primary N) is 1. The normalized spacial score (nSPS) is 12.5. The summed E-state index contributed by atoms with van der Waals surface area (Å²) >= 11 is 5.94. The van der Waals surface area contributed by atoms with Gasteiger partial charge < -0.3 is 15.6 Å². The van der Waals surface area contributed by atoms with Crippen LogP contribution in [0.1, 0.15) is 12.0 Å². The molecule has 0 heterocycles. The van der Waals surface area contributed by atoms with Crippen LogP contribution in [-0.2, 0) is 0 Å². The van der Waals surface area contributed by atoms with Gasteiger partial charge in [-0.25, -0.2) is 0 Å². The van der Waals surface area contributed by atoms with Crippen LogP contribution in [0.15, 0.2) is 18.2 Å². The standard InChI is InChI=1S/C11H16ClNO2/c1-8-2-3-10(12)11(6-8)15-5-4-9(13)7-14/h2-3,6,9,14H,4-5,7,13H2,1H3. The molecular weight excluding hydrogens is 214 g/mol. The Bertz CT molecular complexity index is 317. The second-order valence-electron chi connectivity index (χ2n) is 3.51. The van der Waals surface area contributed by atoms with Crippen LogP contribution < -0.4 is 10.5 Å². The molecule has 0 aliphatic carbocycles. The average molecular weight is 230 g/mol. The van der Waals surface area contributed by atoms with Gasteiger partial charge in [0.15, 0.2) is 0 Å². The third kappa shape index (κ3) is 4.08. The summed E-state index contributed by atoms with van der Waals surface area (Å²) in [6.45, 7) is 2.42. The molecule has 0 aromatic heterocycles. The summed E-state index contributed by atoms with van der Waals surface area (Å²) in [4.78, 5) is 0. The van der Waals surface area contributed by atoms with Crippen molar-refractivity contribution in [1.29, 1.82) is 0 Å². The zero-order valence-corrected chi connectivity index (χ0v) is 9.50. The summed E-state index contributed by atoms with van der Waals surface area (Å²) in [5, 5.41) is 9.32. The molecule has 0 bridgehead atoms. The molecule has 1 rings (SSSR count). The monoisotopic (exact) mass is 229 g/mol. The highest BCUT2D eigenvalue weighted by Gasteiger charge is 2.04. The highest BCUT2D eigenvalue weighted by molar-refractivity contribution is 6.32. The molecule has 0 fully saturated rings. The molecule has 0 amide bonds. The minimum atomic E-state index is -0.228. The van der Waals surface area contributed by atoms with Gasteiger partial charge in [-0.2, -0.15) is 0 Å². The molecule has 0 saturated heterocycles. The van der Waals surface area contributed by atoms with Gasteiger partial charge in [0.2, 0.25) is 0 Å². The lowest BCUT2D eigenvalue weighted by Gasteiger charge is -2.11. The zero-order chi connectivity index (χ0) is 11.3. The minimum Gasteiger partial charge on any atom is -0.492 e. The van der Waals surface area contributed by atoms with E-state index in [1.54, 1.807) is 6.07 Å². The van der Waals surface area contributed by atoms with Crippen LogP contribution in [0.5, 0.6) is 5.75 Å². The van der Waals surface area contributed by atoms with Crippen molar-refractivity contribution in [3.8, 4) is 5.75 Å². The van der Waals surface area contributed by atoms with Crippen LogP contribution in [0.25, 0.3) is 0 Å². The molecule has 0 saturated carbocycles. The lowest BCUT2D eigenvalue weighted by atomic mass is 10.2. The first-order valence-corrected chi connectivity index (χ1v) is 5.26. The van der Waals surface area contributed by atoms with Crippen molar-refractivity contribution < 1.29 is 9.84 Å². The van der Waals surface area contributed by atoms with E-state index in [4.69, 9.17) is 27.2 Å². The summed E-state index contributed by atoms with van der Waals surface area (Å²) in [5.74, 6) is 0.668. The van der Waals surface area contributed by atoms with Gasteiger partial charge in [-0.15, -0.1) is 0 Å². The van der Waals surface area contributed by atoms with E-state index in [0.29, 0.717) is 23.8 Å². The molecule has 15 heavy (non-hydrogen) atoms. The quantitative estimate of drug-likeness (QED) is 0.809. The number of hydrogen-bond acceptors (Lipinski definition) is 3. The largest absolute Gasteiger partial charge is 0.492 e. The fourth-order valence-corrected chi connectivity index (χ4v) is 1.30. The van der Waals surface area contributed by atoms with Gasteiger partial charge in [0.25, 0.3) is 0 Å². The predicted octanol–water partition coefficient (Wildman–Crippen LogP) is 1.74. The van der Waals surface area contributed by atoms with E-state index in [2.05, 4.69) is 0 Å². The van der Waals surface area contributed by atoms with Gasteiger partial charge in [-0.05, 0) is 31.0 Å². The van der Waals surface area contributed by atoms with Crippen LogP contribution in [0.3, 0.4) is 0 Å². The maximum atomic E-state index is 8.72. The average Bonchev–Trinajstić information content (AvgIpc) is 2.23. The summed E-state index contributed by atoms with van der Waals surface area (Å²) in [6, 6.07) is 5.38. The number of rotatable bonds is 5. The maximum Gasteiger partial charge on any atom is 0.138 e. The first-order valence-electron chi connectivity index (χ1n) is 4.89. The van der Waals surface area contributed by atoms with Gasteiger partial charge in [0.05, 0.1) is 18.2 Å². The summed E-state index contributed by atoms with van der Waals surface area (Å²) < 4.78 is 5.47. The molecular formula is C11H16ClNO2. The topological polar surface area (TPSA) is 55.5 Å². The van der Waals surface area contributed by atoms with Gasteiger partial charge in [0, 0.05) is 6.04 Å². The van der Waals surface area contributed by atoms with Crippen molar-refractivity contribution in [1.82, 2.24) is 0 Å². The molecule has 3 nitrogen and oxygen atoms in total. The molecule has 4 heteroatoms. The predicted molar refractivity (Wildman–Crippen MR) is 61.4 cm³/mol. The second-order valence-corrected chi connectivity index (χ2v) is 3.92. The van der Waals surface area contributed by atoms with Crippen LogP contribution in [0.4, 0.5) is 0 Å². The van der Waals surface area contributed by atoms with Gasteiger partial charge in [-0.1, -0.05) is 17.7 Å². The van der Waals surface area contributed by atoms with Crippen molar-refractivity contribution in [3.63, 3.8) is 0 Å². The van der Waals surface area contributed by atoms with Gasteiger partial charge in [0.1, 0.15) is 5.75 Å². The van der Waals surface area contributed by atoms with Crippen LogP contribution in [0.2, 0.25) is 5.02 Å². The molecule has 1 aromatic rings. The molecule has 1 unspecified atom stereocenters. The van der Waals surface area contributed by atoms with Crippen LogP contribution in [-0.4, -0.2) is 24.4 Å². The van der Waals surface area contributed by atoms with Crippen molar-refractivity contribution in [2.45, 2.75) is 19.4 Å². The van der Waals surface area contributed by atoms with Gasteiger partial charge >= 0.3 is 0 Å². The minimum absolute atomic E-state index is 0.0229. The van der Waals surface area contributed by atoms with E-state index >= 15 is 0 Å². The molecule has 3 N–H and O–H groups in total. The van der Waals surface area contributed by atoms with E-state index in [9.17, 15) is 0 Å². The van der Waals surface area contributed by atoms with E-state index in [1.165, 1.54) is 0 Å². The smallest absolute Gasteiger partial charge is 0.138 e. The van der Waals surface area contributed by atoms with Crippen molar-refractivity contribution in [3.05, 3.63) is 28.8 Å². The molecule has 0 aliphatic rings. The number of aryl methyl sites for hydroxylation is 1. The zero-order valence-electron chi connectivity index (χ0n) is 8.74. The number of benzene rings is 1. The Labute approximate surface area is 94.8 Å². The number of aliphatic hydroxyl groups excluding tert-OH is 1. The van der Waals surface area contributed by atoms with Crippen LogP contribution >= 0.6 is 11.6 Å². The second kappa shape index (κ2) is 5.95.